The van der Waals surface area contributed by atoms with Crippen molar-refractivity contribution in [3.8, 4) is 0 Å². The third-order valence-electron chi connectivity index (χ3n) is 4.67. The van der Waals surface area contributed by atoms with Crippen LogP contribution in [0.5, 0.6) is 0 Å². The second-order valence-corrected chi connectivity index (χ2v) is 7.05. The molecule has 0 saturated carbocycles. The fourth-order valence-electron chi connectivity index (χ4n) is 3.09. The van der Waals surface area contributed by atoms with Crippen molar-refractivity contribution in [2.45, 2.75) is 90.9 Å². The molecule has 2 amide bonds. The molecule has 1 aliphatic heterocycles. The first kappa shape index (κ1) is 25.1. The molecule has 0 spiro atoms. The van der Waals surface area contributed by atoms with Crippen LogP contribution in [0.4, 0.5) is 0 Å². The number of hydrogen-bond acceptors (Lipinski definition) is 4. The largest absolute Gasteiger partial charge is 0.481 e. The lowest BCUT2D eigenvalue weighted by atomic mass is 9.86. The number of carboxylic acids is 2. The topological polar surface area (TPSA) is 121 Å². The van der Waals surface area contributed by atoms with Gasteiger partial charge in [0.05, 0.1) is 0 Å². The number of carbonyl (C=O) groups excluding carboxylic acids is 2. The summed E-state index contributed by atoms with van der Waals surface area (Å²) in [6.45, 7) is 4.21. The lowest BCUT2D eigenvalue weighted by Crippen LogP contribution is -2.22. The van der Waals surface area contributed by atoms with Gasteiger partial charge in [0.15, 0.2) is 0 Å². The fourth-order valence-corrected chi connectivity index (χ4v) is 3.09. The summed E-state index contributed by atoms with van der Waals surface area (Å²) in [6, 6.07) is 0. The molecule has 156 valence electrons. The molecular formula is C20H35NO6. The Bertz CT molecular complexity index is 435. The van der Waals surface area contributed by atoms with Gasteiger partial charge in [0, 0.05) is 24.7 Å². The highest BCUT2D eigenvalue weighted by Gasteiger charge is 2.39. The minimum atomic E-state index is -0.784. The van der Waals surface area contributed by atoms with Crippen LogP contribution < -0.4 is 5.32 Å². The van der Waals surface area contributed by atoms with E-state index in [0.717, 1.165) is 51.4 Å². The third-order valence-corrected chi connectivity index (χ3v) is 4.67. The first-order valence-corrected chi connectivity index (χ1v) is 10.1. The molecule has 7 nitrogen and oxygen atoms in total. The van der Waals surface area contributed by atoms with Crippen LogP contribution in [0.2, 0.25) is 0 Å². The lowest BCUT2D eigenvalue weighted by Gasteiger charge is -2.14. The number of carboxylic acid groups (broad SMARTS) is 2. The van der Waals surface area contributed by atoms with Gasteiger partial charge in [-0.25, -0.2) is 0 Å². The van der Waals surface area contributed by atoms with E-state index in [2.05, 4.69) is 19.2 Å². The zero-order valence-corrected chi connectivity index (χ0v) is 16.7. The summed E-state index contributed by atoms with van der Waals surface area (Å²) in [5.41, 5.74) is 0. The summed E-state index contributed by atoms with van der Waals surface area (Å²) >= 11 is 0. The number of unbranched alkanes of at least 4 members (excludes halogenated alkanes) is 5. The number of aliphatic carboxylic acids is 2. The minimum Gasteiger partial charge on any atom is -0.481 e. The van der Waals surface area contributed by atoms with Gasteiger partial charge in [0.25, 0.3) is 0 Å². The summed E-state index contributed by atoms with van der Waals surface area (Å²) in [5.74, 6) is -1.77. The van der Waals surface area contributed by atoms with E-state index in [1.165, 1.54) is 0 Å². The maximum Gasteiger partial charge on any atom is 0.303 e. The molecule has 27 heavy (non-hydrogen) atoms. The molecule has 0 aliphatic carbocycles. The molecule has 2 unspecified atom stereocenters. The van der Waals surface area contributed by atoms with Crippen LogP contribution in [-0.4, -0.2) is 34.0 Å². The van der Waals surface area contributed by atoms with E-state index in [4.69, 9.17) is 10.2 Å². The number of hydrogen-bond donors (Lipinski definition) is 3. The molecule has 7 heteroatoms. The SMILES string of the molecule is CCCCC1C(=O)NC(=O)C1CCCC.O=C(O)CCCCCCC(=O)O. The third kappa shape index (κ3) is 12.2. The quantitative estimate of drug-likeness (QED) is 0.328. The minimum absolute atomic E-state index is 0.0467. The Hall–Kier alpha value is -1.92. The van der Waals surface area contributed by atoms with Gasteiger partial charge in [-0.1, -0.05) is 52.4 Å². The van der Waals surface area contributed by atoms with Crippen molar-refractivity contribution in [3.63, 3.8) is 0 Å². The van der Waals surface area contributed by atoms with Crippen LogP contribution in [0.15, 0.2) is 0 Å². The van der Waals surface area contributed by atoms with E-state index < -0.39 is 11.9 Å². The van der Waals surface area contributed by atoms with E-state index in [0.29, 0.717) is 12.8 Å². The van der Waals surface area contributed by atoms with Crippen LogP contribution in [0.3, 0.4) is 0 Å². The van der Waals surface area contributed by atoms with Crippen molar-refractivity contribution in [3.05, 3.63) is 0 Å². The second kappa shape index (κ2) is 15.2. The highest BCUT2D eigenvalue weighted by Crippen LogP contribution is 2.28. The molecular weight excluding hydrogens is 350 g/mol. The Morgan fingerprint density at radius 2 is 1.11 bits per heavy atom. The zero-order valence-electron chi connectivity index (χ0n) is 16.7. The lowest BCUT2D eigenvalue weighted by molar-refractivity contribution is -0.138. The second-order valence-electron chi connectivity index (χ2n) is 7.05. The summed E-state index contributed by atoms with van der Waals surface area (Å²) in [7, 11) is 0. The van der Waals surface area contributed by atoms with Gasteiger partial charge in [-0.05, 0) is 25.7 Å². The van der Waals surface area contributed by atoms with Crippen molar-refractivity contribution >= 4 is 23.8 Å². The van der Waals surface area contributed by atoms with Gasteiger partial charge in [-0.2, -0.15) is 0 Å². The monoisotopic (exact) mass is 385 g/mol. The predicted octanol–water partition coefficient (Wildman–Crippen LogP) is 3.75. The van der Waals surface area contributed by atoms with Crippen molar-refractivity contribution in [2.75, 3.05) is 0 Å². The number of rotatable bonds is 13. The van der Waals surface area contributed by atoms with Gasteiger partial charge >= 0.3 is 11.9 Å². The van der Waals surface area contributed by atoms with E-state index in [1.807, 2.05) is 0 Å². The van der Waals surface area contributed by atoms with Crippen molar-refractivity contribution in [1.29, 1.82) is 0 Å². The maximum absolute atomic E-state index is 11.5. The van der Waals surface area contributed by atoms with Crippen LogP contribution in [-0.2, 0) is 19.2 Å². The Kier molecular flexibility index (Phi) is 14.1. The molecule has 1 heterocycles. The molecule has 2 atom stereocenters. The molecule has 1 saturated heterocycles. The van der Waals surface area contributed by atoms with Gasteiger partial charge in [-0.15, -0.1) is 0 Å². The van der Waals surface area contributed by atoms with Crippen LogP contribution in [0.25, 0.3) is 0 Å². The number of nitrogens with one attached hydrogen (secondary N) is 1. The Balaban J connectivity index is 0.000000516. The van der Waals surface area contributed by atoms with Crippen molar-refractivity contribution in [2.24, 2.45) is 11.8 Å². The molecule has 0 radical (unpaired) electrons. The molecule has 1 fully saturated rings. The first-order valence-electron chi connectivity index (χ1n) is 10.1. The number of imide groups is 1. The molecule has 1 rings (SSSR count). The zero-order chi connectivity index (χ0) is 20.7. The average molecular weight is 386 g/mol. The van der Waals surface area contributed by atoms with E-state index in [1.54, 1.807) is 0 Å². The highest BCUT2D eigenvalue weighted by molar-refractivity contribution is 6.04. The first-order chi connectivity index (χ1) is 12.8. The van der Waals surface area contributed by atoms with Gasteiger partial charge < -0.3 is 10.2 Å². The molecule has 0 aromatic carbocycles. The Morgan fingerprint density at radius 1 is 0.741 bits per heavy atom. The Labute approximate surface area is 161 Å². The fraction of sp³-hybridized carbons (Fsp3) is 0.800. The van der Waals surface area contributed by atoms with Crippen molar-refractivity contribution in [1.82, 2.24) is 5.32 Å². The highest BCUT2D eigenvalue weighted by atomic mass is 16.4. The summed E-state index contributed by atoms with van der Waals surface area (Å²) < 4.78 is 0. The van der Waals surface area contributed by atoms with Crippen LogP contribution in [0.1, 0.15) is 90.9 Å². The molecule has 0 aromatic rings. The normalized spacial score (nSPS) is 18.6. The average Bonchev–Trinajstić information content (AvgIpc) is 2.87. The van der Waals surface area contributed by atoms with E-state index >= 15 is 0 Å². The van der Waals surface area contributed by atoms with E-state index in [-0.39, 0.29) is 36.5 Å². The maximum atomic E-state index is 11.5. The van der Waals surface area contributed by atoms with Gasteiger partial charge in [0.2, 0.25) is 11.8 Å². The molecule has 3 N–H and O–H groups in total. The Morgan fingerprint density at radius 3 is 1.41 bits per heavy atom. The summed E-state index contributed by atoms with van der Waals surface area (Å²) in [5, 5.41) is 19.0. The molecule has 0 bridgehead atoms. The van der Waals surface area contributed by atoms with Crippen LogP contribution in [0, 0.1) is 11.8 Å². The predicted molar refractivity (Wildman–Crippen MR) is 102 cm³/mol. The molecule has 0 aromatic heterocycles. The van der Waals surface area contributed by atoms with Gasteiger partial charge in [0.1, 0.15) is 0 Å². The number of carbonyl (C=O) groups is 4. The van der Waals surface area contributed by atoms with Gasteiger partial charge in [-0.3, -0.25) is 24.5 Å². The molecule has 1 aliphatic rings. The van der Waals surface area contributed by atoms with Crippen molar-refractivity contribution < 1.29 is 29.4 Å². The number of amides is 2. The smallest absolute Gasteiger partial charge is 0.303 e. The van der Waals surface area contributed by atoms with E-state index in [9.17, 15) is 19.2 Å². The standard InChI is InChI=1S/C12H21NO2.C8H14O4/c1-3-5-7-9-10(8-6-4-2)12(15)13-11(9)14;9-7(10)5-3-1-2-4-6-8(11)12/h9-10H,3-8H2,1-2H3,(H,13,14,15);1-6H2,(H,9,10)(H,11,12). The summed E-state index contributed by atoms with van der Waals surface area (Å²) in [6.07, 6.45) is 9.24. The van der Waals surface area contributed by atoms with Crippen LogP contribution >= 0.6 is 0 Å². The summed E-state index contributed by atoms with van der Waals surface area (Å²) in [4.78, 5) is 43.2.